The highest BCUT2D eigenvalue weighted by Crippen LogP contribution is 2.24. The van der Waals surface area contributed by atoms with Crippen molar-refractivity contribution in [3.05, 3.63) is 26.4 Å². The van der Waals surface area contributed by atoms with Crippen LogP contribution >= 0.6 is 0 Å². The number of rotatable bonds is 3. The summed E-state index contributed by atoms with van der Waals surface area (Å²) < 4.78 is 2.40. The van der Waals surface area contributed by atoms with E-state index in [1.54, 1.807) is 7.05 Å². The Balaban J connectivity index is 1.87. The first-order valence-electron chi connectivity index (χ1n) is 7.74. The first-order valence-corrected chi connectivity index (χ1v) is 7.74. The molecule has 7 heteroatoms. The summed E-state index contributed by atoms with van der Waals surface area (Å²) in [5.74, 6) is 0.459. The molecule has 1 aliphatic heterocycles. The molecule has 3 rings (SSSR count). The molecule has 0 amide bonds. The second kappa shape index (κ2) is 5.61. The van der Waals surface area contributed by atoms with Crippen LogP contribution in [0.5, 0.6) is 0 Å². The molecule has 0 spiro atoms. The number of nitriles is 1. The van der Waals surface area contributed by atoms with Crippen molar-refractivity contribution in [1.29, 1.82) is 5.26 Å². The number of hydrogen-bond acceptors (Lipinski definition) is 5. The number of nitrogens with zero attached hydrogens (tertiary/aromatic N) is 4. The van der Waals surface area contributed by atoms with Gasteiger partial charge in [0.1, 0.15) is 11.9 Å². The van der Waals surface area contributed by atoms with Gasteiger partial charge >= 0.3 is 5.69 Å². The standard InChI is InChI=1S/C15H21N5O2/c1-18-13(12(9-16)14(21)19(2)15(18)22)20-7-5-11(6-8-20)17-10-3-4-10/h10-11,17H,3-8H2,1-2H3. The summed E-state index contributed by atoms with van der Waals surface area (Å²) in [6.07, 6.45) is 4.46. The van der Waals surface area contributed by atoms with Gasteiger partial charge < -0.3 is 10.2 Å². The molecule has 1 aliphatic carbocycles. The smallest absolute Gasteiger partial charge is 0.332 e. The number of anilines is 1. The second-order valence-corrected chi connectivity index (χ2v) is 6.22. The van der Waals surface area contributed by atoms with Crippen LogP contribution in [0, 0.1) is 11.3 Å². The van der Waals surface area contributed by atoms with Crippen LogP contribution in [0.3, 0.4) is 0 Å². The van der Waals surface area contributed by atoms with Crippen molar-refractivity contribution in [3.63, 3.8) is 0 Å². The highest BCUT2D eigenvalue weighted by Gasteiger charge is 2.29. The maximum Gasteiger partial charge on any atom is 0.332 e. The number of piperidine rings is 1. The molecule has 2 aliphatic rings. The van der Waals surface area contributed by atoms with E-state index in [0.29, 0.717) is 17.9 Å². The van der Waals surface area contributed by atoms with E-state index in [1.807, 2.05) is 11.0 Å². The lowest BCUT2D eigenvalue weighted by Crippen LogP contribution is -2.47. The van der Waals surface area contributed by atoms with Gasteiger partial charge in [-0.05, 0) is 25.7 Å². The fourth-order valence-electron chi connectivity index (χ4n) is 3.14. The van der Waals surface area contributed by atoms with Crippen LogP contribution in [0.15, 0.2) is 9.59 Å². The Morgan fingerprint density at radius 3 is 2.18 bits per heavy atom. The molecule has 2 heterocycles. The first-order chi connectivity index (χ1) is 10.5. The van der Waals surface area contributed by atoms with E-state index in [-0.39, 0.29) is 5.56 Å². The van der Waals surface area contributed by atoms with Crippen LogP contribution in [0.2, 0.25) is 0 Å². The van der Waals surface area contributed by atoms with E-state index < -0.39 is 11.2 Å². The Morgan fingerprint density at radius 1 is 1.05 bits per heavy atom. The van der Waals surface area contributed by atoms with Crippen LogP contribution in [-0.2, 0) is 14.1 Å². The van der Waals surface area contributed by atoms with E-state index in [2.05, 4.69) is 5.32 Å². The quantitative estimate of drug-likeness (QED) is 0.827. The predicted octanol–water partition coefficient (Wildman–Crippen LogP) is -0.324. The van der Waals surface area contributed by atoms with Crippen LogP contribution in [0.4, 0.5) is 5.82 Å². The lowest BCUT2D eigenvalue weighted by atomic mass is 10.0. The predicted molar refractivity (Wildman–Crippen MR) is 83.0 cm³/mol. The summed E-state index contributed by atoms with van der Waals surface area (Å²) >= 11 is 0. The molecule has 1 aromatic rings. The molecule has 1 N–H and O–H groups in total. The molecule has 1 saturated carbocycles. The van der Waals surface area contributed by atoms with Gasteiger partial charge in [0.25, 0.3) is 5.56 Å². The summed E-state index contributed by atoms with van der Waals surface area (Å²) in [7, 11) is 3.02. The molecule has 7 nitrogen and oxygen atoms in total. The number of nitrogens with one attached hydrogen (secondary N) is 1. The van der Waals surface area contributed by atoms with Gasteiger partial charge in [0.15, 0.2) is 5.56 Å². The minimum atomic E-state index is -0.515. The van der Waals surface area contributed by atoms with Gasteiger partial charge in [0.2, 0.25) is 0 Å². The Labute approximate surface area is 128 Å². The Morgan fingerprint density at radius 2 is 1.64 bits per heavy atom. The first kappa shape index (κ1) is 14.9. The molecule has 0 radical (unpaired) electrons. The second-order valence-electron chi connectivity index (χ2n) is 6.22. The van der Waals surface area contributed by atoms with E-state index in [1.165, 1.54) is 24.5 Å². The lowest BCUT2D eigenvalue weighted by molar-refractivity contribution is 0.408. The summed E-state index contributed by atoms with van der Waals surface area (Å²) in [6, 6.07) is 3.15. The van der Waals surface area contributed by atoms with Crippen LogP contribution in [-0.4, -0.2) is 34.3 Å². The largest absolute Gasteiger partial charge is 0.357 e. The lowest BCUT2D eigenvalue weighted by Gasteiger charge is -2.35. The van der Waals surface area contributed by atoms with Crippen molar-refractivity contribution in [3.8, 4) is 6.07 Å². The minimum Gasteiger partial charge on any atom is -0.357 e. The number of hydrogen-bond donors (Lipinski definition) is 1. The maximum absolute atomic E-state index is 12.1. The van der Waals surface area contributed by atoms with Gasteiger partial charge in [-0.25, -0.2) is 4.79 Å². The summed E-state index contributed by atoms with van der Waals surface area (Å²) in [6.45, 7) is 1.50. The highest BCUT2D eigenvalue weighted by molar-refractivity contribution is 5.53. The Kier molecular flexibility index (Phi) is 3.79. The molecule has 0 aromatic carbocycles. The van der Waals surface area contributed by atoms with Crippen LogP contribution in [0.1, 0.15) is 31.2 Å². The molecule has 22 heavy (non-hydrogen) atoms. The van der Waals surface area contributed by atoms with Gasteiger partial charge in [0, 0.05) is 39.3 Å². The van der Waals surface area contributed by atoms with E-state index in [0.717, 1.165) is 30.5 Å². The van der Waals surface area contributed by atoms with Gasteiger partial charge in [-0.2, -0.15) is 5.26 Å². The monoisotopic (exact) mass is 303 g/mol. The Bertz CT molecular complexity index is 730. The zero-order chi connectivity index (χ0) is 15.9. The molecule has 0 atom stereocenters. The van der Waals surface area contributed by atoms with Crippen molar-refractivity contribution < 1.29 is 0 Å². The van der Waals surface area contributed by atoms with Crippen molar-refractivity contribution in [2.45, 2.75) is 37.8 Å². The Hall–Kier alpha value is -2.07. The zero-order valence-electron chi connectivity index (χ0n) is 13.0. The third-order valence-corrected chi connectivity index (χ3v) is 4.59. The summed E-state index contributed by atoms with van der Waals surface area (Å²) in [5, 5.41) is 12.9. The van der Waals surface area contributed by atoms with Crippen LogP contribution < -0.4 is 21.5 Å². The molecule has 2 fully saturated rings. The molecular formula is C15H21N5O2. The zero-order valence-corrected chi connectivity index (χ0v) is 13.0. The number of aromatic nitrogens is 2. The molecule has 1 aromatic heterocycles. The molecule has 118 valence electrons. The molecule has 0 bridgehead atoms. The fourth-order valence-corrected chi connectivity index (χ4v) is 3.14. The highest BCUT2D eigenvalue weighted by atomic mass is 16.2. The molecule has 1 saturated heterocycles. The van der Waals surface area contributed by atoms with Crippen LogP contribution in [0.25, 0.3) is 0 Å². The minimum absolute atomic E-state index is 0.0539. The average Bonchev–Trinajstić information content (AvgIpc) is 3.33. The summed E-state index contributed by atoms with van der Waals surface area (Å²) in [4.78, 5) is 26.3. The van der Waals surface area contributed by atoms with Gasteiger partial charge in [0.05, 0.1) is 0 Å². The summed E-state index contributed by atoms with van der Waals surface area (Å²) in [5.41, 5.74) is -0.853. The van der Waals surface area contributed by atoms with Gasteiger partial charge in [-0.1, -0.05) is 0 Å². The van der Waals surface area contributed by atoms with Crippen molar-refractivity contribution >= 4 is 5.82 Å². The van der Waals surface area contributed by atoms with E-state index in [4.69, 9.17) is 0 Å². The van der Waals surface area contributed by atoms with Crippen molar-refractivity contribution in [2.75, 3.05) is 18.0 Å². The SMILES string of the molecule is Cn1c(N2CCC(NC3CC3)CC2)c(C#N)c(=O)n(C)c1=O. The normalized spacial score (nSPS) is 19.2. The third kappa shape index (κ3) is 2.55. The fraction of sp³-hybridized carbons (Fsp3) is 0.667. The maximum atomic E-state index is 12.1. The topological polar surface area (TPSA) is 83.1 Å². The van der Waals surface area contributed by atoms with Crippen molar-refractivity contribution in [2.24, 2.45) is 14.1 Å². The van der Waals surface area contributed by atoms with E-state index in [9.17, 15) is 14.9 Å². The third-order valence-electron chi connectivity index (χ3n) is 4.59. The van der Waals surface area contributed by atoms with Gasteiger partial charge in [-0.3, -0.25) is 13.9 Å². The average molecular weight is 303 g/mol. The van der Waals surface area contributed by atoms with E-state index >= 15 is 0 Å². The molecule has 0 unspecified atom stereocenters. The van der Waals surface area contributed by atoms with Crippen molar-refractivity contribution in [1.82, 2.24) is 14.5 Å². The van der Waals surface area contributed by atoms with Gasteiger partial charge in [-0.15, -0.1) is 0 Å². The molecular weight excluding hydrogens is 282 g/mol.